The van der Waals surface area contributed by atoms with Crippen molar-refractivity contribution in [2.24, 2.45) is 0 Å². The van der Waals surface area contributed by atoms with E-state index in [4.69, 9.17) is 0 Å². The fraction of sp³-hybridized carbons (Fsp3) is 0.889. The van der Waals surface area contributed by atoms with Crippen molar-refractivity contribution in [3.05, 3.63) is 0 Å². The summed E-state index contributed by atoms with van der Waals surface area (Å²) in [5.41, 5.74) is 0. The third-order valence-electron chi connectivity index (χ3n) is 2.26. The lowest BCUT2D eigenvalue weighted by Gasteiger charge is -2.33. The minimum Gasteiger partial charge on any atom is -0.338 e. The molecule has 3 nitrogen and oxygen atoms in total. The lowest BCUT2D eigenvalue weighted by Crippen LogP contribution is -2.45. The average molecular weight is 202 g/mol. The maximum atomic E-state index is 11.5. The van der Waals surface area contributed by atoms with E-state index in [2.05, 4.69) is 12.2 Å². The van der Waals surface area contributed by atoms with Crippen molar-refractivity contribution in [1.29, 1.82) is 0 Å². The second-order valence-electron chi connectivity index (χ2n) is 3.41. The van der Waals surface area contributed by atoms with Crippen LogP contribution < -0.4 is 5.32 Å². The van der Waals surface area contributed by atoms with Crippen LogP contribution in [0.4, 0.5) is 0 Å². The molecule has 1 amide bonds. The number of hydrogen-bond acceptors (Lipinski definition) is 3. The number of carbonyl (C=O) groups is 1. The third-order valence-corrected chi connectivity index (χ3v) is 3.43. The van der Waals surface area contributed by atoms with Crippen molar-refractivity contribution in [2.45, 2.75) is 19.4 Å². The molecule has 13 heavy (non-hydrogen) atoms. The molecule has 0 aromatic rings. The highest BCUT2D eigenvalue weighted by atomic mass is 32.2. The van der Waals surface area contributed by atoms with Crippen molar-refractivity contribution in [1.82, 2.24) is 10.2 Å². The van der Waals surface area contributed by atoms with E-state index in [9.17, 15) is 4.79 Å². The number of hydrogen-bond donors (Lipinski definition) is 1. The van der Waals surface area contributed by atoms with Gasteiger partial charge in [0.2, 0.25) is 5.91 Å². The van der Waals surface area contributed by atoms with Gasteiger partial charge in [-0.2, -0.15) is 0 Å². The first-order valence-electron chi connectivity index (χ1n) is 4.77. The molecule has 0 spiro atoms. The summed E-state index contributed by atoms with van der Waals surface area (Å²) in [4.78, 5) is 13.5. The lowest BCUT2D eigenvalue weighted by atomic mass is 10.2. The summed E-state index contributed by atoms with van der Waals surface area (Å²) in [7, 11) is 1.94. The summed E-state index contributed by atoms with van der Waals surface area (Å²) < 4.78 is 0. The maximum Gasteiger partial charge on any atom is 0.232 e. The zero-order chi connectivity index (χ0) is 9.68. The van der Waals surface area contributed by atoms with E-state index in [0.29, 0.717) is 17.7 Å². The summed E-state index contributed by atoms with van der Waals surface area (Å²) in [6.45, 7) is 4.02. The van der Waals surface area contributed by atoms with Crippen LogP contribution in [0, 0.1) is 0 Å². The van der Waals surface area contributed by atoms with E-state index in [1.807, 2.05) is 11.9 Å². The standard InChI is InChI=1S/C9H18N2OS/c1-8-6-13-7-9(12)11(8)5-3-4-10-2/h8,10H,3-7H2,1-2H3. The summed E-state index contributed by atoms with van der Waals surface area (Å²) in [5.74, 6) is 2.06. The Morgan fingerprint density at radius 2 is 2.46 bits per heavy atom. The van der Waals surface area contributed by atoms with Crippen molar-refractivity contribution in [2.75, 3.05) is 31.6 Å². The first-order chi connectivity index (χ1) is 6.25. The van der Waals surface area contributed by atoms with Crippen molar-refractivity contribution < 1.29 is 4.79 Å². The molecule has 1 aliphatic rings. The summed E-state index contributed by atoms with van der Waals surface area (Å²) >= 11 is 1.75. The SMILES string of the molecule is CNCCCN1C(=O)CSCC1C. The fourth-order valence-corrected chi connectivity index (χ4v) is 2.49. The minimum absolute atomic E-state index is 0.305. The van der Waals surface area contributed by atoms with Gasteiger partial charge < -0.3 is 10.2 Å². The number of amides is 1. The fourth-order valence-electron chi connectivity index (χ4n) is 1.51. The number of nitrogens with zero attached hydrogens (tertiary/aromatic N) is 1. The third kappa shape index (κ3) is 3.19. The Morgan fingerprint density at radius 3 is 3.08 bits per heavy atom. The second kappa shape index (κ2) is 5.50. The average Bonchev–Trinajstić information content (AvgIpc) is 2.10. The van der Waals surface area contributed by atoms with Crippen LogP contribution in [0.5, 0.6) is 0 Å². The van der Waals surface area contributed by atoms with Gasteiger partial charge in [-0.15, -0.1) is 11.8 Å². The molecule has 1 heterocycles. The molecule has 1 N–H and O–H groups in total. The Morgan fingerprint density at radius 1 is 1.69 bits per heavy atom. The smallest absolute Gasteiger partial charge is 0.232 e. The molecule has 4 heteroatoms. The van der Waals surface area contributed by atoms with E-state index in [0.717, 1.165) is 25.3 Å². The van der Waals surface area contributed by atoms with Crippen LogP contribution in [-0.4, -0.2) is 48.5 Å². The number of thioether (sulfide) groups is 1. The molecule has 0 aliphatic carbocycles. The highest BCUT2D eigenvalue weighted by Crippen LogP contribution is 2.16. The first kappa shape index (κ1) is 10.9. The molecule has 1 saturated heterocycles. The maximum absolute atomic E-state index is 11.5. The molecular formula is C9H18N2OS. The van der Waals surface area contributed by atoms with Gasteiger partial charge in [0.15, 0.2) is 0 Å². The lowest BCUT2D eigenvalue weighted by molar-refractivity contribution is -0.130. The van der Waals surface area contributed by atoms with Gasteiger partial charge in [0, 0.05) is 18.3 Å². The van der Waals surface area contributed by atoms with E-state index in [-0.39, 0.29) is 0 Å². The van der Waals surface area contributed by atoms with Crippen LogP contribution in [0.1, 0.15) is 13.3 Å². The molecule has 0 aromatic heterocycles. The van der Waals surface area contributed by atoms with Crippen molar-refractivity contribution >= 4 is 17.7 Å². The van der Waals surface area contributed by atoms with Gasteiger partial charge in [-0.05, 0) is 26.9 Å². The van der Waals surface area contributed by atoms with Crippen molar-refractivity contribution in [3.63, 3.8) is 0 Å². The van der Waals surface area contributed by atoms with Gasteiger partial charge in [-0.1, -0.05) is 0 Å². The van der Waals surface area contributed by atoms with E-state index >= 15 is 0 Å². The first-order valence-corrected chi connectivity index (χ1v) is 5.93. The van der Waals surface area contributed by atoms with Gasteiger partial charge in [0.05, 0.1) is 5.75 Å². The predicted molar refractivity (Wildman–Crippen MR) is 57.0 cm³/mol. The molecule has 0 radical (unpaired) electrons. The van der Waals surface area contributed by atoms with E-state index in [1.165, 1.54) is 0 Å². The van der Waals surface area contributed by atoms with E-state index < -0.39 is 0 Å². The number of nitrogens with one attached hydrogen (secondary N) is 1. The van der Waals surface area contributed by atoms with Crippen LogP contribution >= 0.6 is 11.8 Å². The zero-order valence-corrected chi connectivity index (χ0v) is 9.19. The molecule has 1 unspecified atom stereocenters. The van der Waals surface area contributed by atoms with Gasteiger partial charge in [-0.3, -0.25) is 4.79 Å². The molecule has 76 valence electrons. The Balaban J connectivity index is 2.31. The molecule has 1 atom stereocenters. The van der Waals surface area contributed by atoms with Crippen LogP contribution in [-0.2, 0) is 4.79 Å². The largest absolute Gasteiger partial charge is 0.338 e. The molecule has 1 fully saturated rings. The molecule has 1 rings (SSSR count). The molecule has 0 aromatic carbocycles. The van der Waals surface area contributed by atoms with Crippen LogP contribution in [0.15, 0.2) is 0 Å². The van der Waals surface area contributed by atoms with Crippen LogP contribution in [0.2, 0.25) is 0 Å². The van der Waals surface area contributed by atoms with Gasteiger partial charge >= 0.3 is 0 Å². The highest BCUT2D eigenvalue weighted by molar-refractivity contribution is 8.00. The molecule has 0 saturated carbocycles. The Hall–Kier alpha value is -0.220. The van der Waals surface area contributed by atoms with Gasteiger partial charge in [0.25, 0.3) is 0 Å². The Labute approximate surface area is 84.2 Å². The van der Waals surface area contributed by atoms with Crippen molar-refractivity contribution in [3.8, 4) is 0 Å². The molecular weight excluding hydrogens is 184 g/mol. The molecule has 0 bridgehead atoms. The summed E-state index contributed by atoms with van der Waals surface area (Å²) in [6, 6.07) is 0.420. The minimum atomic E-state index is 0.305. The summed E-state index contributed by atoms with van der Waals surface area (Å²) in [5, 5.41) is 3.09. The topological polar surface area (TPSA) is 32.3 Å². The zero-order valence-electron chi connectivity index (χ0n) is 8.38. The monoisotopic (exact) mass is 202 g/mol. The normalized spacial score (nSPS) is 23.7. The Bertz CT molecular complexity index is 175. The second-order valence-corrected chi connectivity index (χ2v) is 4.44. The van der Waals surface area contributed by atoms with E-state index in [1.54, 1.807) is 11.8 Å². The predicted octanol–water partition coefficient (Wildman–Crippen LogP) is 0.560. The van der Waals surface area contributed by atoms with Crippen LogP contribution in [0.25, 0.3) is 0 Å². The quantitative estimate of drug-likeness (QED) is 0.676. The molecule has 1 aliphatic heterocycles. The van der Waals surface area contributed by atoms with Gasteiger partial charge in [-0.25, -0.2) is 0 Å². The van der Waals surface area contributed by atoms with Crippen LogP contribution in [0.3, 0.4) is 0 Å². The number of carbonyl (C=O) groups excluding carboxylic acids is 1. The summed E-state index contributed by atoms with van der Waals surface area (Å²) in [6.07, 6.45) is 1.05. The highest BCUT2D eigenvalue weighted by Gasteiger charge is 2.23. The van der Waals surface area contributed by atoms with Gasteiger partial charge in [0.1, 0.15) is 0 Å². The Kier molecular flexibility index (Phi) is 4.59. The number of rotatable bonds is 4.